The molecule has 0 N–H and O–H groups in total. The van der Waals surface area contributed by atoms with Crippen LogP contribution in [0.15, 0.2) is 107 Å². The largest absolute Gasteiger partial charge is 0.463 e. The molecule has 54 heavy (non-hydrogen) atoms. The molecule has 14 heteroatoms. The highest BCUT2D eigenvalue weighted by atomic mass is 16.5. The predicted octanol–water partition coefficient (Wildman–Crippen LogP) is 7.23. The zero-order valence-electron chi connectivity index (χ0n) is 29.4. The van der Waals surface area contributed by atoms with Crippen molar-refractivity contribution in [1.82, 2.24) is 20.3 Å². The molecule has 0 aliphatic rings. The van der Waals surface area contributed by atoms with Gasteiger partial charge in [-0.3, -0.25) is 0 Å². The quantitative estimate of drug-likeness (QED) is 0.0338. The van der Waals surface area contributed by atoms with Gasteiger partial charge in [0.05, 0.1) is 37.6 Å². The molecular weight excluding hydrogens is 696 g/mol. The number of hydrogen-bond acceptors (Lipinski definition) is 14. The lowest BCUT2D eigenvalue weighted by atomic mass is 10.1. The topological polar surface area (TPSA) is 183 Å². The number of aromatic nitrogens is 4. The third-order valence-electron chi connectivity index (χ3n) is 7.79. The highest BCUT2D eigenvalue weighted by Crippen LogP contribution is 2.28. The molecule has 278 valence electrons. The molecule has 0 unspecified atom stereocenters. The van der Waals surface area contributed by atoms with Crippen LogP contribution >= 0.6 is 0 Å². The summed E-state index contributed by atoms with van der Waals surface area (Å²) in [5.74, 6) is -0.847. The maximum Gasteiger partial charge on any atom is 0.338 e. The van der Waals surface area contributed by atoms with Crippen molar-refractivity contribution in [1.29, 1.82) is 0 Å². The van der Waals surface area contributed by atoms with E-state index in [9.17, 15) is 19.2 Å². The number of rotatable bonds is 20. The molecule has 0 spiro atoms. The molecule has 2 aromatic heterocycles. The first kappa shape index (κ1) is 38.5. The molecule has 3 aromatic carbocycles. The first-order valence-electron chi connectivity index (χ1n) is 17.3. The normalized spacial score (nSPS) is 10.7. The maximum atomic E-state index is 12.7. The van der Waals surface area contributed by atoms with Crippen LogP contribution in [0.5, 0.6) is 0 Å². The standard InChI is InChI=1S/C40H38N4O10/c1-3-33(45)49-20-7-5-9-22-51-39(47)31-18-11-14-27(24-31)35-41-37(53-43-35)29-16-13-17-30(26-29)38-42-36(44-54-38)28-15-12-19-32(25-28)40(48)52-23-10-6-8-21-50-34(46)4-2/h3-4,11-19,24-26H,1-2,5-10,20-23H2. The lowest BCUT2D eigenvalue weighted by Crippen LogP contribution is -2.07. The SMILES string of the molecule is C=CC(=O)OCCCCCOC(=O)c1cccc(-c2noc(-c3cccc(-c4nc(-c5cccc(C(=O)OCCCCCOC(=O)C=C)c5)no4)c3)n2)c1. The average Bonchev–Trinajstić information content (AvgIpc) is 3.92. The van der Waals surface area contributed by atoms with Crippen molar-refractivity contribution in [3.8, 4) is 45.7 Å². The van der Waals surface area contributed by atoms with Crippen molar-refractivity contribution in [2.45, 2.75) is 38.5 Å². The van der Waals surface area contributed by atoms with Gasteiger partial charge < -0.3 is 28.0 Å². The fourth-order valence-corrected chi connectivity index (χ4v) is 4.99. The Morgan fingerprint density at radius 1 is 0.519 bits per heavy atom. The van der Waals surface area contributed by atoms with E-state index in [4.69, 9.17) is 28.0 Å². The molecule has 0 saturated carbocycles. The molecule has 0 saturated heterocycles. The third-order valence-corrected chi connectivity index (χ3v) is 7.79. The Labute approximate surface area is 310 Å². The van der Waals surface area contributed by atoms with E-state index in [0.717, 1.165) is 25.0 Å². The molecule has 0 bridgehead atoms. The van der Waals surface area contributed by atoms with Crippen LogP contribution < -0.4 is 0 Å². The Kier molecular flexibility index (Phi) is 14.1. The van der Waals surface area contributed by atoms with E-state index in [1.807, 2.05) is 0 Å². The van der Waals surface area contributed by atoms with E-state index >= 15 is 0 Å². The van der Waals surface area contributed by atoms with Crippen LogP contribution in [0.2, 0.25) is 0 Å². The second-order valence-electron chi connectivity index (χ2n) is 11.7. The van der Waals surface area contributed by atoms with Crippen molar-refractivity contribution in [3.63, 3.8) is 0 Å². The van der Waals surface area contributed by atoms with Gasteiger partial charge in [0, 0.05) is 34.4 Å². The van der Waals surface area contributed by atoms with Crippen molar-refractivity contribution in [3.05, 3.63) is 109 Å². The van der Waals surface area contributed by atoms with Gasteiger partial charge in [-0.25, -0.2) is 19.2 Å². The number of carbonyl (C=O) groups is 4. The number of ether oxygens (including phenoxy) is 4. The van der Waals surface area contributed by atoms with Crippen LogP contribution in [0.3, 0.4) is 0 Å². The van der Waals surface area contributed by atoms with Crippen LogP contribution in [-0.4, -0.2) is 70.6 Å². The summed E-state index contributed by atoms with van der Waals surface area (Å²) in [4.78, 5) is 56.6. The lowest BCUT2D eigenvalue weighted by molar-refractivity contribution is -0.138. The van der Waals surface area contributed by atoms with E-state index in [0.29, 0.717) is 59.1 Å². The molecular formula is C40H38N4O10. The van der Waals surface area contributed by atoms with E-state index in [1.54, 1.807) is 72.8 Å². The van der Waals surface area contributed by atoms with Gasteiger partial charge in [-0.15, -0.1) is 0 Å². The van der Waals surface area contributed by atoms with E-state index < -0.39 is 23.9 Å². The maximum absolute atomic E-state index is 12.7. The van der Waals surface area contributed by atoms with Gasteiger partial charge in [0.1, 0.15) is 0 Å². The first-order chi connectivity index (χ1) is 26.3. The number of nitrogens with zero attached hydrogens (tertiary/aromatic N) is 4. The molecule has 14 nitrogen and oxygen atoms in total. The number of carbonyl (C=O) groups excluding carboxylic acids is 4. The molecule has 2 heterocycles. The van der Waals surface area contributed by atoms with Crippen molar-refractivity contribution < 1.29 is 47.2 Å². The monoisotopic (exact) mass is 734 g/mol. The third kappa shape index (κ3) is 11.1. The van der Waals surface area contributed by atoms with Gasteiger partial charge >= 0.3 is 23.9 Å². The molecule has 0 fully saturated rings. The van der Waals surface area contributed by atoms with Crippen LogP contribution in [0, 0.1) is 0 Å². The van der Waals surface area contributed by atoms with Gasteiger partial charge in [0.2, 0.25) is 11.6 Å². The minimum absolute atomic E-state index is 0.227. The average molecular weight is 735 g/mol. The molecule has 5 rings (SSSR count). The molecule has 0 atom stereocenters. The summed E-state index contributed by atoms with van der Waals surface area (Å²) in [6, 6.07) is 20.6. The Morgan fingerprint density at radius 3 is 1.33 bits per heavy atom. The highest BCUT2D eigenvalue weighted by Gasteiger charge is 2.17. The smallest absolute Gasteiger partial charge is 0.338 e. The summed E-state index contributed by atoms with van der Waals surface area (Å²) < 4.78 is 31.8. The Bertz CT molecular complexity index is 1940. The predicted molar refractivity (Wildman–Crippen MR) is 194 cm³/mol. The fourth-order valence-electron chi connectivity index (χ4n) is 4.99. The van der Waals surface area contributed by atoms with Crippen LogP contribution in [0.4, 0.5) is 0 Å². The second kappa shape index (κ2) is 19.8. The summed E-state index contributed by atoms with van der Waals surface area (Å²) in [6.07, 6.45) is 6.25. The van der Waals surface area contributed by atoms with Gasteiger partial charge in [-0.2, -0.15) is 9.97 Å². The van der Waals surface area contributed by atoms with Crippen molar-refractivity contribution in [2.75, 3.05) is 26.4 Å². The van der Waals surface area contributed by atoms with Gasteiger partial charge in [0.25, 0.3) is 11.8 Å². The van der Waals surface area contributed by atoms with E-state index in [2.05, 4.69) is 33.4 Å². The van der Waals surface area contributed by atoms with Crippen molar-refractivity contribution in [2.24, 2.45) is 0 Å². The summed E-state index contributed by atoms with van der Waals surface area (Å²) in [5.41, 5.74) is 3.01. The summed E-state index contributed by atoms with van der Waals surface area (Å²) in [5, 5.41) is 8.22. The zero-order valence-corrected chi connectivity index (χ0v) is 29.4. The fraction of sp³-hybridized carbons (Fsp3) is 0.250. The van der Waals surface area contributed by atoms with Crippen LogP contribution in [0.1, 0.15) is 59.2 Å². The lowest BCUT2D eigenvalue weighted by Gasteiger charge is -2.06. The zero-order chi connectivity index (χ0) is 38.1. The number of hydrogen-bond donors (Lipinski definition) is 0. The molecule has 0 aliphatic carbocycles. The molecule has 0 amide bonds. The van der Waals surface area contributed by atoms with Gasteiger partial charge in [-0.1, -0.05) is 53.8 Å². The number of benzene rings is 3. The van der Waals surface area contributed by atoms with E-state index in [1.165, 1.54) is 0 Å². The van der Waals surface area contributed by atoms with E-state index in [-0.39, 0.29) is 49.9 Å². The van der Waals surface area contributed by atoms with Crippen LogP contribution in [-0.2, 0) is 28.5 Å². The number of esters is 4. The van der Waals surface area contributed by atoms with Gasteiger partial charge in [0.15, 0.2) is 0 Å². The Morgan fingerprint density at radius 2 is 0.907 bits per heavy atom. The summed E-state index contributed by atoms with van der Waals surface area (Å²) in [6.45, 7) is 7.73. The molecule has 5 aromatic rings. The minimum Gasteiger partial charge on any atom is -0.463 e. The minimum atomic E-state index is -0.481. The Balaban J connectivity index is 1.15. The molecule has 0 radical (unpaired) electrons. The second-order valence-corrected chi connectivity index (χ2v) is 11.7. The summed E-state index contributed by atoms with van der Waals surface area (Å²) in [7, 11) is 0. The Hall–Kier alpha value is -6.70. The molecule has 0 aliphatic heterocycles. The number of unbranched alkanes of at least 4 members (excludes halogenated alkanes) is 4. The summed E-state index contributed by atoms with van der Waals surface area (Å²) >= 11 is 0. The first-order valence-corrected chi connectivity index (χ1v) is 17.3. The van der Waals surface area contributed by atoms with Crippen LogP contribution in [0.25, 0.3) is 45.7 Å². The van der Waals surface area contributed by atoms with Gasteiger partial charge in [-0.05, 0) is 81.0 Å². The highest BCUT2D eigenvalue weighted by molar-refractivity contribution is 5.91. The van der Waals surface area contributed by atoms with Crippen molar-refractivity contribution >= 4 is 23.9 Å².